The lowest BCUT2D eigenvalue weighted by molar-refractivity contribution is -0.00762. The zero-order chi connectivity index (χ0) is 17.2. The van der Waals surface area contributed by atoms with Crippen LogP contribution in [0, 0.1) is 12.8 Å². The second-order valence-corrected chi connectivity index (χ2v) is 7.57. The molecule has 1 aromatic rings. The molecule has 1 aliphatic rings. The number of ether oxygens (including phenoxy) is 1. The van der Waals surface area contributed by atoms with E-state index < -0.39 is 5.60 Å². The molecule has 1 heterocycles. The first kappa shape index (κ1) is 17.8. The molecule has 0 unspecified atom stereocenters. The van der Waals surface area contributed by atoms with E-state index in [1.165, 1.54) is 11.1 Å². The molecule has 1 amide bonds. The van der Waals surface area contributed by atoms with E-state index in [1.807, 2.05) is 27.7 Å². The molecule has 0 spiro atoms. The van der Waals surface area contributed by atoms with Gasteiger partial charge >= 0.3 is 6.09 Å². The third-order valence-electron chi connectivity index (χ3n) is 4.62. The summed E-state index contributed by atoms with van der Waals surface area (Å²) < 4.78 is 5.51. The number of amides is 1. The molecule has 128 valence electrons. The number of aliphatic hydroxyl groups is 1. The first-order chi connectivity index (χ1) is 10.7. The van der Waals surface area contributed by atoms with Crippen molar-refractivity contribution >= 4 is 6.09 Å². The first-order valence-electron chi connectivity index (χ1n) is 8.40. The number of carbonyl (C=O) groups excluding carboxylic acids is 1. The fraction of sp³-hybridized carbons (Fsp3) is 0.632. The normalized spacial score (nSPS) is 25.3. The van der Waals surface area contributed by atoms with Gasteiger partial charge in [0.15, 0.2) is 0 Å². The molecule has 2 rings (SSSR count). The number of piperidine rings is 1. The molecule has 4 heteroatoms. The van der Waals surface area contributed by atoms with Gasteiger partial charge in [-0.05, 0) is 52.5 Å². The van der Waals surface area contributed by atoms with Gasteiger partial charge in [0, 0.05) is 25.1 Å². The van der Waals surface area contributed by atoms with Crippen molar-refractivity contribution < 1.29 is 14.6 Å². The quantitative estimate of drug-likeness (QED) is 0.904. The number of benzene rings is 1. The number of aliphatic hydroxyl groups excluding tert-OH is 1. The summed E-state index contributed by atoms with van der Waals surface area (Å²) in [5.74, 6) is 0.298. The number of likely N-dealkylation sites (tertiary alicyclic amines) is 1. The van der Waals surface area contributed by atoms with E-state index in [-0.39, 0.29) is 30.6 Å². The molecule has 1 fully saturated rings. The summed E-state index contributed by atoms with van der Waals surface area (Å²) in [5.41, 5.74) is 1.97. The zero-order valence-corrected chi connectivity index (χ0v) is 14.9. The second-order valence-electron chi connectivity index (χ2n) is 7.57. The van der Waals surface area contributed by atoms with Crippen LogP contribution in [0.2, 0.25) is 0 Å². The summed E-state index contributed by atoms with van der Waals surface area (Å²) in [7, 11) is 0. The summed E-state index contributed by atoms with van der Waals surface area (Å²) in [6, 6.07) is 8.40. The minimum atomic E-state index is -0.501. The lowest BCUT2D eigenvalue weighted by Gasteiger charge is -2.43. The van der Waals surface area contributed by atoms with Crippen molar-refractivity contribution in [3.63, 3.8) is 0 Å². The molecule has 0 aromatic heterocycles. The van der Waals surface area contributed by atoms with E-state index in [4.69, 9.17) is 4.74 Å². The number of aryl methyl sites for hydroxylation is 1. The summed E-state index contributed by atoms with van der Waals surface area (Å²) >= 11 is 0. The molecular formula is C19H29NO3. The van der Waals surface area contributed by atoms with E-state index in [2.05, 4.69) is 31.2 Å². The van der Waals surface area contributed by atoms with E-state index in [1.54, 1.807) is 4.90 Å². The van der Waals surface area contributed by atoms with Crippen LogP contribution < -0.4 is 0 Å². The Kier molecular flexibility index (Phi) is 5.35. The van der Waals surface area contributed by atoms with Gasteiger partial charge in [0.1, 0.15) is 5.60 Å². The fourth-order valence-corrected chi connectivity index (χ4v) is 3.44. The van der Waals surface area contributed by atoms with Crippen LogP contribution in [-0.4, -0.2) is 40.9 Å². The maximum atomic E-state index is 12.4. The van der Waals surface area contributed by atoms with E-state index in [0.29, 0.717) is 6.54 Å². The summed E-state index contributed by atoms with van der Waals surface area (Å²) in [5, 5.41) is 9.92. The lowest BCUT2D eigenvalue weighted by Crippen LogP contribution is -2.52. The Labute approximate surface area is 139 Å². The number of carbonyl (C=O) groups is 1. The molecule has 1 saturated heterocycles. The monoisotopic (exact) mass is 319 g/mol. The standard InChI is InChI=1S/C19H29NO3/c1-13-7-6-8-15(11-13)16-9-10-20(14(2)17(16)12-21)18(22)23-19(3,4)5/h6-8,11,14,16-17,21H,9-10,12H2,1-5H3/t14-,16+,17-/m1/s1. The second kappa shape index (κ2) is 6.91. The van der Waals surface area contributed by atoms with Gasteiger partial charge in [-0.2, -0.15) is 0 Å². The fourth-order valence-electron chi connectivity index (χ4n) is 3.44. The Bertz CT molecular complexity index is 550. The molecular weight excluding hydrogens is 290 g/mol. The average Bonchev–Trinajstić information content (AvgIpc) is 2.44. The van der Waals surface area contributed by atoms with E-state index >= 15 is 0 Å². The Morgan fingerprint density at radius 1 is 1.39 bits per heavy atom. The van der Waals surface area contributed by atoms with Crippen LogP contribution >= 0.6 is 0 Å². The Balaban J connectivity index is 2.17. The van der Waals surface area contributed by atoms with Crippen LogP contribution in [0.1, 0.15) is 51.2 Å². The van der Waals surface area contributed by atoms with Crippen LogP contribution in [0.15, 0.2) is 24.3 Å². The summed E-state index contributed by atoms with van der Waals surface area (Å²) in [6.45, 7) is 10.4. The maximum Gasteiger partial charge on any atom is 0.410 e. The van der Waals surface area contributed by atoms with Gasteiger partial charge in [-0.25, -0.2) is 4.79 Å². The molecule has 0 aliphatic carbocycles. The van der Waals surface area contributed by atoms with Crippen LogP contribution in [0.3, 0.4) is 0 Å². The smallest absolute Gasteiger partial charge is 0.410 e. The number of hydrogen-bond acceptors (Lipinski definition) is 3. The zero-order valence-electron chi connectivity index (χ0n) is 14.9. The van der Waals surface area contributed by atoms with Crippen molar-refractivity contribution in [1.29, 1.82) is 0 Å². The lowest BCUT2D eigenvalue weighted by atomic mass is 9.76. The van der Waals surface area contributed by atoms with Crippen molar-refractivity contribution in [2.24, 2.45) is 5.92 Å². The Hall–Kier alpha value is -1.55. The number of rotatable bonds is 2. The number of nitrogens with zero attached hydrogens (tertiary/aromatic N) is 1. The van der Waals surface area contributed by atoms with Gasteiger partial charge in [-0.3, -0.25) is 0 Å². The molecule has 0 radical (unpaired) electrons. The summed E-state index contributed by atoms with van der Waals surface area (Å²) in [4.78, 5) is 14.2. The van der Waals surface area contributed by atoms with Crippen LogP contribution in [-0.2, 0) is 4.74 Å². The minimum Gasteiger partial charge on any atom is -0.444 e. The van der Waals surface area contributed by atoms with Crippen LogP contribution in [0.25, 0.3) is 0 Å². The van der Waals surface area contributed by atoms with E-state index in [0.717, 1.165) is 6.42 Å². The third-order valence-corrected chi connectivity index (χ3v) is 4.62. The minimum absolute atomic E-state index is 0.0260. The molecule has 1 N–H and O–H groups in total. The van der Waals surface area contributed by atoms with Gasteiger partial charge in [0.2, 0.25) is 0 Å². The topological polar surface area (TPSA) is 49.8 Å². The maximum absolute atomic E-state index is 12.4. The van der Waals surface area contributed by atoms with Crippen LogP contribution in [0.5, 0.6) is 0 Å². The van der Waals surface area contributed by atoms with Crippen molar-refractivity contribution in [3.05, 3.63) is 35.4 Å². The van der Waals surface area contributed by atoms with Crippen molar-refractivity contribution in [1.82, 2.24) is 4.90 Å². The van der Waals surface area contributed by atoms with Crippen LogP contribution in [0.4, 0.5) is 4.79 Å². The molecule has 23 heavy (non-hydrogen) atoms. The predicted molar refractivity (Wildman–Crippen MR) is 91.5 cm³/mol. The molecule has 1 aromatic carbocycles. The van der Waals surface area contributed by atoms with Gasteiger partial charge in [-0.15, -0.1) is 0 Å². The highest BCUT2D eigenvalue weighted by atomic mass is 16.6. The average molecular weight is 319 g/mol. The van der Waals surface area contributed by atoms with Crippen molar-refractivity contribution in [2.45, 2.75) is 58.6 Å². The highest BCUT2D eigenvalue weighted by Gasteiger charge is 2.39. The highest BCUT2D eigenvalue weighted by molar-refractivity contribution is 5.68. The third kappa shape index (κ3) is 4.25. The Morgan fingerprint density at radius 2 is 2.09 bits per heavy atom. The van der Waals surface area contributed by atoms with Crippen molar-refractivity contribution in [3.8, 4) is 0 Å². The molecule has 4 nitrogen and oxygen atoms in total. The first-order valence-corrected chi connectivity index (χ1v) is 8.40. The van der Waals surface area contributed by atoms with Gasteiger partial charge in [-0.1, -0.05) is 29.8 Å². The van der Waals surface area contributed by atoms with Gasteiger partial charge in [0.05, 0.1) is 0 Å². The number of hydrogen-bond donors (Lipinski definition) is 1. The Morgan fingerprint density at radius 3 is 2.65 bits per heavy atom. The van der Waals surface area contributed by atoms with Gasteiger partial charge < -0.3 is 14.7 Å². The summed E-state index contributed by atoms with van der Waals surface area (Å²) in [6.07, 6.45) is 0.560. The predicted octanol–water partition coefficient (Wildman–Crippen LogP) is 3.72. The molecule has 1 aliphatic heterocycles. The molecule has 0 saturated carbocycles. The van der Waals surface area contributed by atoms with Crippen molar-refractivity contribution in [2.75, 3.05) is 13.2 Å². The SMILES string of the molecule is Cc1cccc([C@@H]2CCN(C(=O)OC(C)(C)C)[C@H](C)[C@H]2CO)c1. The molecule has 0 bridgehead atoms. The largest absolute Gasteiger partial charge is 0.444 e. The highest BCUT2D eigenvalue weighted by Crippen LogP contribution is 2.37. The molecule has 3 atom stereocenters. The van der Waals surface area contributed by atoms with Gasteiger partial charge in [0.25, 0.3) is 0 Å². The van der Waals surface area contributed by atoms with E-state index in [9.17, 15) is 9.90 Å².